The van der Waals surface area contributed by atoms with E-state index in [1.54, 1.807) is 6.07 Å². The number of benzene rings is 1. The number of aromatic nitrogens is 1. The summed E-state index contributed by atoms with van der Waals surface area (Å²) in [6.07, 6.45) is 0. The molecule has 0 N–H and O–H groups in total. The van der Waals surface area contributed by atoms with Gasteiger partial charge in [0.15, 0.2) is 0 Å². The molecule has 1 aromatic heterocycles. The van der Waals surface area contributed by atoms with Gasteiger partial charge in [-0.05, 0) is 23.8 Å². The fourth-order valence-electron chi connectivity index (χ4n) is 1.45. The molecule has 1 heterocycles. The number of hydrogen-bond donors (Lipinski definition) is 0. The summed E-state index contributed by atoms with van der Waals surface area (Å²) in [4.78, 5) is 3.96. The molecule has 0 fully saturated rings. The van der Waals surface area contributed by atoms with Gasteiger partial charge in [-0.1, -0.05) is 57.3 Å². The van der Waals surface area contributed by atoms with Crippen LogP contribution in [0.1, 0.15) is 11.1 Å². The van der Waals surface area contributed by atoms with Crippen molar-refractivity contribution >= 4 is 39.1 Å². The zero-order valence-electron chi connectivity index (χ0n) is 9.37. The highest BCUT2D eigenvalue weighted by molar-refractivity contribution is 9.10. The summed E-state index contributed by atoms with van der Waals surface area (Å²) in [5, 5.41) is 0.771. The molecule has 0 atom stereocenters. The summed E-state index contributed by atoms with van der Waals surface area (Å²) >= 11 is 15.1. The molecule has 0 saturated carbocycles. The molecule has 2 aromatic rings. The third-order valence-electron chi connectivity index (χ3n) is 2.31. The van der Waals surface area contributed by atoms with E-state index in [0.29, 0.717) is 23.5 Å². The second-order valence-electron chi connectivity index (χ2n) is 3.71. The van der Waals surface area contributed by atoms with E-state index in [0.717, 1.165) is 15.6 Å². The summed E-state index contributed by atoms with van der Waals surface area (Å²) in [6.45, 7) is 0.938. The minimum atomic E-state index is 0.385. The Hall–Kier alpha value is -0.610. The van der Waals surface area contributed by atoms with Crippen molar-refractivity contribution in [1.29, 1.82) is 0 Å². The average molecular weight is 347 g/mol. The molecule has 0 amide bonds. The normalized spacial score (nSPS) is 10.6. The second-order valence-corrected chi connectivity index (χ2v) is 5.37. The lowest BCUT2D eigenvalue weighted by molar-refractivity contribution is 0.107. The lowest BCUT2D eigenvalue weighted by Crippen LogP contribution is -1.96. The first-order chi connectivity index (χ1) is 8.65. The van der Waals surface area contributed by atoms with E-state index in [1.165, 1.54) is 0 Å². The van der Waals surface area contributed by atoms with Gasteiger partial charge in [0, 0.05) is 10.0 Å². The SMILES string of the molecule is Clc1ccc(COCc2cccc(Br)c2)c(Cl)n1. The molecule has 2 rings (SSSR count). The smallest absolute Gasteiger partial charge is 0.136 e. The molecule has 0 spiro atoms. The molecule has 94 valence electrons. The second kappa shape index (κ2) is 6.53. The predicted molar refractivity (Wildman–Crippen MR) is 76.9 cm³/mol. The molecule has 18 heavy (non-hydrogen) atoms. The van der Waals surface area contributed by atoms with Gasteiger partial charge in [-0.2, -0.15) is 0 Å². The summed E-state index contributed by atoms with van der Waals surface area (Å²) < 4.78 is 6.63. The summed E-state index contributed by atoms with van der Waals surface area (Å²) in [6, 6.07) is 11.5. The van der Waals surface area contributed by atoms with Gasteiger partial charge in [0.2, 0.25) is 0 Å². The number of halogens is 3. The van der Waals surface area contributed by atoms with E-state index in [-0.39, 0.29) is 0 Å². The minimum absolute atomic E-state index is 0.385. The van der Waals surface area contributed by atoms with E-state index in [4.69, 9.17) is 27.9 Å². The summed E-state index contributed by atoms with van der Waals surface area (Å²) in [7, 11) is 0. The molecule has 0 radical (unpaired) electrons. The molecular weight excluding hydrogens is 337 g/mol. The van der Waals surface area contributed by atoms with E-state index in [2.05, 4.69) is 20.9 Å². The van der Waals surface area contributed by atoms with Crippen LogP contribution < -0.4 is 0 Å². The van der Waals surface area contributed by atoms with Gasteiger partial charge in [0.25, 0.3) is 0 Å². The molecule has 0 saturated heterocycles. The molecule has 0 aliphatic rings. The topological polar surface area (TPSA) is 22.1 Å². The van der Waals surface area contributed by atoms with Crippen molar-refractivity contribution in [1.82, 2.24) is 4.98 Å². The molecule has 0 bridgehead atoms. The van der Waals surface area contributed by atoms with Crippen molar-refractivity contribution in [2.45, 2.75) is 13.2 Å². The standard InChI is InChI=1S/C13H10BrCl2NO/c14-11-3-1-2-9(6-11)7-18-8-10-4-5-12(15)17-13(10)16/h1-6H,7-8H2. The monoisotopic (exact) mass is 345 g/mol. The fourth-order valence-corrected chi connectivity index (χ4v) is 2.30. The molecule has 5 heteroatoms. The third-order valence-corrected chi connectivity index (χ3v) is 3.34. The van der Waals surface area contributed by atoms with Crippen LogP contribution in [-0.4, -0.2) is 4.98 Å². The van der Waals surface area contributed by atoms with Gasteiger partial charge in [-0.25, -0.2) is 4.98 Å². The van der Waals surface area contributed by atoms with Crippen LogP contribution in [-0.2, 0) is 18.0 Å². The minimum Gasteiger partial charge on any atom is -0.372 e. The van der Waals surface area contributed by atoms with Crippen LogP contribution >= 0.6 is 39.1 Å². The van der Waals surface area contributed by atoms with Crippen molar-refractivity contribution in [2.75, 3.05) is 0 Å². The highest BCUT2D eigenvalue weighted by Gasteiger charge is 2.03. The van der Waals surface area contributed by atoms with Crippen LogP contribution in [0.5, 0.6) is 0 Å². The van der Waals surface area contributed by atoms with Crippen LogP contribution in [0.25, 0.3) is 0 Å². The van der Waals surface area contributed by atoms with Crippen LogP contribution in [0.15, 0.2) is 40.9 Å². The van der Waals surface area contributed by atoms with Crippen molar-refractivity contribution < 1.29 is 4.74 Å². The van der Waals surface area contributed by atoms with Crippen LogP contribution in [0.4, 0.5) is 0 Å². The van der Waals surface area contributed by atoms with Gasteiger partial charge >= 0.3 is 0 Å². The quantitative estimate of drug-likeness (QED) is 0.737. The number of hydrogen-bond acceptors (Lipinski definition) is 2. The van der Waals surface area contributed by atoms with Crippen molar-refractivity contribution in [3.05, 3.63) is 62.3 Å². The predicted octanol–water partition coefficient (Wildman–Crippen LogP) is 4.87. The molecule has 2 nitrogen and oxygen atoms in total. The van der Waals surface area contributed by atoms with Crippen LogP contribution in [0, 0.1) is 0 Å². The summed E-state index contributed by atoms with van der Waals surface area (Å²) in [5.41, 5.74) is 1.93. The van der Waals surface area contributed by atoms with E-state index >= 15 is 0 Å². The summed E-state index contributed by atoms with van der Waals surface area (Å²) in [5.74, 6) is 0. The Labute approximate surface area is 124 Å². The first kappa shape index (κ1) is 13.8. The average Bonchev–Trinajstić information content (AvgIpc) is 2.32. The highest BCUT2D eigenvalue weighted by Crippen LogP contribution is 2.18. The zero-order chi connectivity index (χ0) is 13.0. The Bertz CT molecular complexity index is 548. The number of pyridine rings is 1. The van der Waals surface area contributed by atoms with E-state index in [1.807, 2.05) is 30.3 Å². The van der Waals surface area contributed by atoms with Crippen LogP contribution in [0.2, 0.25) is 10.3 Å². The maximum absolute atomic E-state index is 5.95. The molecule has 0 unspecified atom stereocenters. The first-order valence-electron chi connectivity index (χ1n) is 5.28. The Morgan fingerprint density at radius 2 is 1.94 bits per heavy atom. The molecule has 1 aromatic carbocycles. The number of rotatable bonds is 4. The van der Waals surface area contributed by atoms with E-state index < -0.39 is 0 Å². The van der Waals surface area contributed by atoms with Gasteiger partial charge in [-0.3, -0.25) is 0 Å². The fraction of sp³-hybridized carbons (Fsp3) is 0.154. The lowest BCUT2D eigenvalue weighted by Gasteiger charge is -2.06. The van der Waals surface area contributed by atoms with Crippen molar-refractivity contribution in [3.63, 3.8) is 0 Å². The lowest BCUT2D eigenvalue weighted by atomic mass is 10.2. The maximum Gasteiger partial charge on any atom is 0.136 e. The number of nitrogens with zero attached hydrogens (tertiary/aromatic N) is 1. The Balaban J connectivity index is 1.92. The maximum atomic E-state index is 5.95. The zero-order valence-corrected chi connectivity index (χ0v) is 12.5. The Kier molecular flexibility index (Phi) is 5.01. The molecular formula is C13H10BrCl2NO. The van der Waals surface area contributed by atoms with Crippen LogP contribution in [0.3, 0.4) is 0 Å². The van der Waals surface area contributed by atoms with Gasteiger partial charge in [0.05, 0.1) is 13.2 Å². The highest BCUT2D eigenvalue weighted by atomic mass is 79.9. The molecule has 0 aliphatic heterocycles. The van der Waals surface area contributed by atoms with Crippen molar-refractivity contribution in [3.8, 4) is 0 Å². The number of ether oxygens (including phenoxy) is 1. The van der Waals surface area contributed by atoms with Gasteiger partial charge < -0.3 is 4.74 Å². The third kappa shape index (κ3) is 3.95. The van der Waals surface area contributed by atoms with E-state index in [9.17, 15) is 0 Å². The largest absolute Gasteiger partial charge is 0.372 e. The Morgan fingerprint density at radius 3 is 2.67 bits per heavy atom. The molecule has 0 aliphatic carbocycles. The van der Waals surface area contributed by atoms with Gasteiger partial charge in [-0.15, -0.1) is 0 Å². The first-order valence-corrected chi connectivity index (χ1v) is 6.83. The van der Waals surface area contributed by atoms with Gasteiger partial charge in [0.1, 0.15) is 10.3 Å². The van der Waals surface area contributed by atoms with Crippen molar-refractivity contribution in [2.24, 2.45) is 0 Å². The Morgan fingerprint density at radius 1 is 1.11 bits per heavy atom.